The minimum atomic E-state index is -0.233. The molecule has 0 radical (unpaired) electrons. The van der Waals surface area contributed by atoms with Gasteiger partial charge in [0.2, 0.25) is 5.88 Å². The summed E-state index contributed by atoms with van der Waals surface area (Å²) >= 11 is 0. The SMILES string of the molecule is CC(C)(C)Oc1ncc(CNC2CC2)c2ccccc12. The Bertz CT molecular complexity index is 612. The van der Waals surface area contributed by atoms with Gasteiger partial charge < -0.3 is 10.1 Å². The topological polar surface area (TPSA) is 34.1 Å². The molecule has 3 rings (SSSR count). The van der Waals surface area contributed by atoms with E-state index in [0.717, 1.165) is 17.8 Å². The van der Waals surface area contributed by atoms with E-state index in [2.05, 4.69) is 28.5 Å². The van der Waals surface area contributed by atoms with Crippen molar-refractivity contribution in [2.45, 2.75) is 51.8 Å². The van der Waals surface area contributed by atoms with Crippen molar-refractivity contribution in [2.75, 3.05) is 0 Å². The molecule has 1 aliphatic rings. The van der Waals surface area contributed by atoms with E-state index in [4.69, 9.17) is 4.74 Å². The van der Waals surface area contributed by atoms with Crippen molar-refractivity contribution in [1.29, 1.82) is 0 Å². The number of benzene rings is 1. The average Bonchev–Trinajstić information content (AvgIpc) is 3.20. The van der Waals surface area contributed by atoms with Gasteiger partial charge in [-0.1, -0.05) is 18.2 Å². The van der Waals surface area contributed by atoms with E-state index in [1.165, 1.54) is 23.8 Å². The number of nitrogens with zero attached hydrogens (tertiary/aromatic N) is 1. The van der Waals surface area contributed by atoms with Crippen LogP contribution in [0.4, 0.5) is 0 Å². The Morgan fingerprint density at radius 1 is 1.20 bits per heavy atom. The maximum Gasteiger partial charge on any atom is 0.221 e. The van der Waals surface area contributed by atoms with Crippen molar-refractivity contribution < 1.29 is 4.74 Å². The van der Waals surface area contributed by atoms with Crippen molar-refractivity contribution in [2.24, 2.45) is 0 Å². The van der Waals surface area contributed by atoms with Crippen LogP contribution >= 0.6 is 0 Å². The number of aromatic nitrogens is 1. The first-order valence-electron chi connectivity index (χ1n) is 7.32. The molecule has 1 aliphatic carbocycles. The zero-order chi connectivity index (χ0) is 14.2. The normalized spacial score (nSPS) is 15.6. The Kier molecular flexibility index (Phi) is 3.38. The third-order valence-corrected chi connectivity index (χ3v) is 3.40. The summed E-state index contributed by atoms with van der Waals surface area (Å²) < 4.78 is 5.98. The third kappa shape index (κ3) is 3.10. The Labute approximate surface area is 120 Å². The van der Waals surface area contributed by atoms with Gasteiger partial charge in [0.1, 0.15) is 5.60 Å². The van der Waals surface area contributed by atoms with Gasteiger partial charge in [0.15, 0.2) is 0 Å². The summed E-state index contributed by atoms with van der Waals surface area (Å²) in [5.41, 5.74) is 1.01. The summed E-state index contributed by atoms with van der Waals surface area (Å²) in [7, 11) is 0. The number of nitrogens with one attached hydrogen (secondary N) is 1. The highest BCUT2D eigenvalue weighted by Gasteiger charge is 2.21. The second kappa shape index (κ2) is 5.06. The molecule has 1 N–H and O–H groups in total. The fraction of sp³-hybridized carbons (Fsp3) is 0.471. The van der Waals surface area contributed by atoms with Gasteiger partial charge in [-0.05, 0) is 50.6 Å². The van der Waals surface area contributed by atoms with E-state index in [0.29, 0.717) is 6.04 Å². The fourth-order valence-corrected chi connectivity index (χ4v) is 2.28. The number of hydrogen-bond acceptors (Lipinski definition) is 3. The van der Waals surface area contributed by atoms with E-state index in [1.54, 1.807) is 0 Å². The Hall–Kier alpha value is -1.61. The Morgan fingerprint density at radius 2 is 1.90 bits per heavy atom. The van der Waals surface area contributed by atoms with Crippen LogP contribution in [-0.2, 0) is 6.54 Å². The van der Waals surface area contributed by atoms with E-state index in [9.17, 15) is 0 Å². The summed E-state index contributed by atoms with van der Waals surface area (Å²) in [6.45, 7) is 7.03. The highest BCUT2D eigenvalue weighted by molar-refractivity contribution is 5.89. The van der Waals surface area contributed by atoms with Crippen LogP contribution < -0.4 is 10.1 Å². The zero-order valence-electron chi connectivity index (χ0n) is 12.4. The van der Waals surface area contributed by atoms with Crippen LogP contribution in [0.2, 0.25) is 0 Å². The lowest BCUT2D eigenvalue weighted by Crippen LogP contribution is -2.24. The molecule has 0 aliphatic heterocycles. The molecule has 0 unspecified atom stereocenters. The standard InChI is InChI=1S/C17H22N2O/c1-17(2,3)20-16-15-7-5-4-6-14(15)12(11-19-16)10-18-13-8-9-13/h4-7,11,13,18H,8-10H2,1-3H3. The predicted octanol–water partition coefficient (Wildman–Crippen LogP) is 3.66. The molecule has 106 valence electrons. The largest absolute Gasteiger partial charge is 0.471 e. The Balaban J connectivity index is 1.95. The lowest BCUT2D eigenvalue weighted by atomic mass is 10.1. The quantitative estimate of drug-likeness (QED) is 0.920. The second-order valence-electron chi connectivity index (χ2n) is 6.50. The molecule has 3 heteroatoms. The molecule has 0 amide bonds. The molecule has 3 nitrogen and oxygen atoms in total. The van der Waals surface area contributed by atoms with Gasteiger partial charge in [-0.15, -0.1) is 0 Å². The predicted molar refractivity (Wildman–Crippen MR) is 82.0 cm³/mol. The third-order valence-electron chi connectivity index (χ3n) is 3.40. The van der Waals surface area contributed by atoms with Crippen LogP contribution in [0.15, 0.2) is 30.5 Å². The summed E-state index contributed by atoms with van der Waals surface area (Å²) in [5, 5.41) is 5.88. The smallest absolute Gasteiger partial charge is 0.221 e. The molecule has 0 atom stereocenters. The second-order valence-corrected chi connectivity index (χ2v) is 6.50. The van der Waals surface area contributed by atoms with Gasteiger partial charge in [-0.25, -0.2) is 4.98 Å². The first-order chi connectivity index (χ1) is 9.53. The van der Waals surface area contributed by atoms with Crippen molar-refractivity contribution in [3.05, 3.63) is 36.0 Å². The first kappa shape index (κ1) is 13.4. The molecular formula is C17H22N2O. The zero-order valence-corrected chi connectivity index (χ0v) is 12.4. The van der Waals surface area contributed by atoms with Crippen molar-refractivity contribution in [3.8, 4) is 5.88 Å². The van der Waals surface area contributed by atoms with E-state index in [1.807, 2.05) is 33.0 Å². The highest BCUT2D eigenvalue weighted by Crippen LogP contribution is 2.29. The molecular weight excluding hydrogens is 248 g/mol. The van der Waals surface area contributed by atoms with Crippen LogP contribution in [0.1, 0.15) is 39.2 Å². The minimum absolute atomic E-state index is 0.233. The number of rotatable bonds is 4. The molecule has 1 heterocycles. The number of hydrogen-bond donors (Lipinski definition) is 1. The van der Waals surface area contributed by atoms with Crippen LogP contribution in [-0.4, -0.2) is 16.6 Å². The fourth-order valence-electron chi connectivity index (χ4n) is 2.28. The maximum absolute atomic E-state index is 5.98. The number of pyridine rings is 1. The van der Waals surface area contributed by atoms with Gasteiger partial charge in [0.05, 0.1) is 0 Å². The molecule has 1 fully saturated rings. The number of fused-ring (bicyclic) bond motifs is 1. The lowest BCUT2D eigenvalue weighted by molar-refractivity contribution is 0.126. The number of ether oxygens (including phenoxy) is 1. The van der Waals surface area contributed by atoms with Crippen LogP contribution in [0.5, 0.6) is 5.88 Å². The van der Waals surface area contributed by atoms with Crippen LogP contribution in [0, 0.1) is 0 Å². The maximum atomic E-state index is 5.98. The van der Waals surface area contributed by atoms with E-state index < -0.39 is 0 Å². The summed E-state index contributed by atoms with van der Waals surface area (Å²) in [4.78, 5) is 4.53. The van der Waals surface area contributed by atoms with Gasteiger partial charge >= 0.3 is 0 Å². The van der Waals surface area contributed by atoms with Gasteiger partial charge in [-0.3, -0.25) is 0 Å². The highest BCUT2D eigenvalue weighted by atomic mass is 16.5. The average molecular weight is 270 g/mol. The summed E-state index contributed by atoms with van der Waals surface area (Å²) in [6.07, 6.45) is 4.55. The van der Waals surface area contributed by atoms with Crippen LogP contribution in [0.25, 0.3) is 10.8 Å². The Morgan fingerprint density at radius 3 is 2.55 bits per heavy atom. The molecule has 1 saturated carbocycles. The van der Waals surface area contributed by atoms with Crippen molar-refractivity contribution in [1.82, 2.24) is 10.3 Å². The van der Waals surface area contributed by atoms with Crippen molar-refractivity contribution in [3.63, 3.8) is 0 Å². The molecule has 0 bridgehead atoms. The molecule has 2 aromatic rings. The first-order valence-corrected chi connectivity index (χ1v) is 7.32. The molecule has 1 aromatic carbocycles. The van der Waals surface area contributed by atoms with Crippen LogP contribution in [0.3, 0.4) is 0 Å². The summed E-state index contributed by atoms with van der Waals surface area (Å²) in [5.74, 6) is 0.725. The monoisotopic (exact) mass is 270 g/mol. The molecule has 0 spiro atoms. The molecule has 1 aromatic heterocycles. The molecule has 20 heavy (non-hydrogen) atoms. The van der Waals surface area contributed by atoms with Gasteiger partial charge in [0.25, 0.3) is 0 Å². The van der Waals surface area contributed by atoms with Gasteiger partial charge in [-0.2, -0.15) is 0 Å². The van der Waals surface area contributed by atoms with Gasteiger partial charge in [0, 0.05) is 24.2 Å². The minimum Gasteiger partial charge on any atom is -0.471 e. The van der Waals surface area contributed by atoms with E-state index >= 15 is 0 Å². The molecule has 0 saturated heterocycles. The summed E-state index contributed by atoms with van der Waals surface area (Å²) in [6, 6.07) is 9.06. The van der Waals surface area contributed by atoms with E-state index in [-0.39, 0.29) is 5.60 Å². The van der Waals surface area contributed by atoms with Crippen molar-refractivity contribution >= 4 is 10.8 Å². The lowest BCUT2D eigenvalue weighted by Gasteiger charge is -2.22.